The number of fused-ring (bicyclic) bond motifs is 1. The number of carbonyl (C=O) groups excluding carboxylic acids is 1. The molecule has 0 aliphatic carbocycles. The maximum atomic E-state index is 12.9. The summed E-state index contributed by atoms with van der Waals surface area (Å²) in [7, 11) is 1.58. The van der Waals surface area contributed by atoms with Crippen molar-refractivity contribution in [3.05, 3.63) is 63.2 Å². The highest BCUT2D eigenvalue weighted by Gasteiger charge is 2.35. The van der Waals surface area contributed by atoms with Gasteiger partial charge in [0.1, 0.15) is 17.1 Å². The summed E-state index contributed by atoms with van der Waals surface area (Å²) in [6.07, 6.45) is 0.562. The minimum atomic E-state index is -0.482. The Labute approximate surface area is 157 Å². The Kier molecular flexibility index (Phi) is 4.78. The number of nitrogens with one attached hydrogen (secondary N) is 1. The molecule has 7 nitrogen and oxygen atoms in total. The molecule has 2 aromatic carbocycles. The molecule has 1 atom stereocenters. The SMILES string of the molecule is COc1ccc2c(c1)[C@H](NC(=O)c1cccc([N+](=O)[O-])c1C)CC(C)(C)O2. The third-order valence-corrected chi connectivity index (χ3v) is 4.73. The predicted molar refractivity (Wildman–Crippen MR) is 100 cm³/mol. The van der Waals surface area contributed by atoms with Crippen molar-refractivity contribution < 1.29 is 19.2 Å². The average Bonchev–Trinajstić information content (AvgIpc) is 2.60. The molecule has 0 bridgehead atoms. The molecule has 1 aliphatic heterocycles. The summed E-state index contributed by atoms with van der Waals surface area (Å²) in [5, 5.41) is 14.2. The van der Waals surface area contributed by atoms with Gasteiger partial charge in [0.25, 0.3) is 11.6 Å². The molecule has 0 unspecified atom stereocenters. The number of ether oxygens (including phenoxy) is 2. The van der Waals surface area contributed by atoms with Crippen molar-refractivity contribution in [1.29, 1.82) is 0 Å². The highest BCUT2D eigenvalue weighted by molar-refractivity contribution is 5.96. The van der Waals surface area contributed by atoms with Gasteiger partial charge in [-0.3, -0.25) is 14.9 Å². The van der Waals surface area contributed by atoms with E-state index in [9.17, 15) is 14.9 Å². The molecule has 27 heavy (non-hydrogen) atoms. The van der Waals surface area contributed by atoms with Gasteiger partial charge in [-0.15, -0.1) is 0 Å². The average molecular weight is 370 g/mol. The molecular weight excluding hydrogens is 348 g/mol. The Hall–Kier alpha value is -3.09. The van der Waals surface area contributed by atoms with Crippen LogP contribution in [0.1, 0.15) is 47.8 Å². The van der Waals surface area contributed by atoms with Gasteiger partial charge in [-0.2, -0.15) is 0 Å². The fourth-order valence-electron chi connectivity index (χ4n) is 3.39. The molecule has 0 spiro atoms. The summed E-state index contributed by atoms with van der Waals surface area (Å²) in [4.78, 5) is 23.5. The molecule has 142 valence electrons. The normalized spacial score (nSPS) is 17.4. The number of nitro groups is 1. The first-order valence-corrected chi connectivity index (χ1v) is 8.63. The topological polar surface area (TPSA) is 90.7 Å². The minimum Gasteiger partial charge on any atom is -0.497 e. The fraction of sp³-hybridized carbons (Fsp3) is 0.350. The minimum absolute atomic E-state index is 0.0722. The van der Waals surface area contributed by atoms with E-state index in [1.807, 2.05) is 32.0 Å². The van der Waals surface area contributed by atoms with Gasteiger partial charge < -0.3 is 14.8 Å². The van der Waals surface area contributed by atoms with Crippen LogP contribution in [0.5, 0.6) is 11.5 Å². The van der Waals surface area contributed by atoms with E-state index in [4.69, 9.17) is 9.47 Å². The molecule has 0 saturated carbocycles. The molecule has 7 heteroatoms. The van der Waals surface area contributed by atoms with Crippen molar-refractivity contribution >= 4 is 11.6 Å². The number of methoxy groups -OCH3 is 1. The summed E-state index contributed by atoms with van der Waals surface area (Å²) in [5.41, 5.74) is 0.925. The van der Waals surface area contributed by atoms with Crippen molar-refractivity contribution in [2.45, 2.75) is 38.8 Å². The largest absolute Gasteiger partial charge is 0.497 e. The molecular formula is C20H22N2O5. The summed E-state index contributed by atoms with van der Waals surface area (Å²) >= 11 is 0. The van der Waals surface area contributed by atoms with Crippen molar-refractivity contribution in [1.82, 2.24) is 5.32 Å². The Morgan fingerprint density at radius 3 is 2.74 bits per heavy atom. The quantitative estimate of drug-likeness (QED) is 0.650. The third kappa shape index (κ3) is 3.72. The molecule has 1 amide bonds. The highest BCUT2D eigenvalue weighted by atomic mass is 16.6. The first-order valence-electron chi connectivity index (χ1n) is 8.63. The van der Waals surface area contributed by atoms with Crippen LogP contribution in [0, 0.1) is 17.0 Å². The number of hydrogen-bond donors (Lipinski definition) is 1. The van der Waals surface area contributed by atoms with E-state index in [1.54, 1.807) is 20.1 Å². The third-order valence-electron chi connectivity index (χ3n) is 4.73. The molecule has 1 N–H and O–H groups in total. The van der Waals surface area contributed by atoms with E-state index < -0.39 is 10.5 Å². The van der Waals surface area contributed by atoms with Gasteiger partial charge in [0, 0.05) is 29.2 Å². The van der Waals surface area contributed by atoms with E-state index >= 15 is 0 Å². The van der Waals surface area contributed by atoms with Crippen LogP contribution >= 0.6 is 0 Å². The second-order valence-electron chi connectivity index (χ2n) is 7.20. The lowest BCUT2D eigenvalue weighted by Crippen LogP contribution is -2.41. The van der Waals surface area contributed by atoms with Gasteiger partial charge in [0.2, 0.25) is 0 Å². The first kappa shape index (κ1) is 18.7. The summed E-state index contributed by atoms with van der Waals surface area (Å²) in [5.74, 6) is 1.00. The summed E-state index contributed by atoms with van der Waals surface area (Å²) in [6.45, 7) is 5.49. The molecule has 0 radical (unpaired) electrons. The van der Waals surface area contributed by atoms with Gasteiger partial charge in [-0.25, -0.2) is 0 Å². The van der Waals surface area contributed by atoms with E-state index in [0.29, 0.717) is 23.5 Å². The van der Waals surface area contributed by atoms with Gasteiger partial charge in [-0.05, 0) is 45.0 Å². The van der Waals surface area contributed by atoms with Gasteiger partial charge >= 0.3 is 0 Å². The van der Waals surface area contributed by atoms with Crippen LogP contribution in [0.25, 0.3) is 0 Å². The van der Waals surface area contributed by atoms with E-state index in [-0.39, 0.29) is 23.2 Å². The van der Waals surface area contributed by atoms with Crippen LogP contribution in [0.3, 0.4) is 0 Å². The van der Waals surface area contributed by atoms with Gasteiger partial charge in [0.05, 0.1) is 18.1 Å². The molecule has 2 aromatic rings. The lowest BCUT2D eigenvalue weighted by molar-refractivity contribution is -0.385. The lowest BCUT2D eigenvalue weighted by atomic mass is 9.89. The van der Waals surface area contributed by atoms with Crippen LogP contribution in [-0.2, 0) is 0 Å². The zero-order chi connectivity index (χ0) is 19.8. The van der Waals surface area contributed by atoms with Crippen molar-refractivity contribution in [2.75, 3.05) is 7.11 Å². The Bertz CT molecular complexity index is 907. The van der Waals surface area contributed by atoms with Crippen LogP contribution in [-0.4, -0.2) is 23.5 Å². The Balaban J connectivity index is 1.95. The molecule has 0 saturated heterocycles. The van der Waals surface area contributed by atoms with Gasteiger partial charge in [-0.1, -0.05) is 6.07 Å². The van der Waals surface area contributed by atoms with Crippen LogP contribution in [0.2, 0.25) is 0 Å². The first-order chi connectivity index (χ1) is 12.7. The zero-order valence-electron chi connectivity index (χ0n) is 15.7. The molecule has 0 fully saturated rings. The van der Waals surface area contributed by atoms with Crippen molar-refractivity contribution in [2.24, 2.45) is 0 Å². The second-order valence-corrected chi connectivity index (χ2v) is 7.20. The number of nitro benzene ring substituents is 1. The van der Waals surface area contributed by atoms with E-state index in [0.717, 1.165) is 5.56 Å². The predicted octanol–water partition coefficient (Wildman–Crippen LogP) is 3.94. The van der Waals surface area contributed by atoms with E-state index in [1.165, 1.54) is 12.1 Å². The Morgan fingerprint density at radius 1 is 1.33 bits per heavy atom. The highest BCUT2D eigenvalue weighted by Crippen LogP contribution is 2.41. The molecule has 1 heterocycles. The second kappa shape index (κ2) is 6.90. The van der Waals surface area contributed by atoms with Crippen LogP contribution < -0.4 is 14.8 Å². The number of carbonyl (C=O) groups is 1. The van der Waals surface area contributed by atoms with Gasteiger partial charge in [0.15, 0.2) is 0 Å². The smallest absolute Gasteiger partial charge is 0.273 e. The maximum Gasteiger partial charge on any atom is 0.273 e. The maximum absolute atomic E-state index is 12.9. The van der Waals surface area contributed by atoms with E-state index in [2.05, 4.69) is 5.32 Å². The number of nitrogens with zero attached hydrogens (tertiary/aromatic N) is 1. The molecule has 1 aliphatic rings. The lowest BCUT2D eigenvalue weighted by Gasteiger charge is -2.38. The molecule has 3 rings (SSSR count). The van der Waals surface area contributed by atoms with Crippen LogP contribution in [0.4, 0.5) is 5.69 Å². The number of hydrogen-bond acceptors (Lipinski definition) is 5. The number of amides is 1. The zero-order valence-corrected chi connectivity index (χ0v) is 15.7. The summed E-state index contributed by atoms with van der Waals surface area (Å²) in [6, 6.07) is 9.68. The molecule has 0 aromatic heterocycles. The monoisotopic (exact) mass is 370 g/mol. The number of rotatable bonds is 4. The number of benzene rings is 2. The van der Waals surface area contributed by atoms with Crippen LogP contribution in [0.15, 0.2) is 36.4 Å². The summed E-state index contributed by atoms with van der Waals surface area (Å²) < 4.78 is 11.3. The van der Waals surface area contributed by atoms with Crippen molar-refractivity contribution in [3.63, 3.8) is 0 Å². The standard InChI is InChI=1S/C20H22N2O5/c1-12-14(6-5-7-17(12)22(24)25)19(23)21-16-11-20(2,3)27-18-9-8-13(26-4)10-15(16)18/h5-10,16H,11H2,1-4H3,(H,21,23)/t16-/m1/s1. The van der Waals surface area contributed by atoms with Crippen molar-refractivity contribution in [3.8, 4) is 11.5 Å². The fourth-order valence-corrected chi connectivity index (χ4v) is 3.39. The Morgan fingerprint density at radius 2 is 2.07 bits per heavy atom.